The van der Waals surface area contributed by atoms with Gasteiger partial charge in [-0.1, -0.05) is 60.2 Å². The number of nitriles is 1. The number of para-hydroxylation sites is 1. The number of aryl methyl sites for hydroxylation is 1. The van der Waals surface area contributed by atoms with E-state index in [1.54, 1.807) is 34.9 Å². The first-order chi connectivity index (χ1) is 16.7. The standard InChI is InChI=1S/C26H19N5O2S/c1-2-17-7-11-19(12-8-17)24-29-23(33-30-24)16-34-26-28-22-6-4-3-5-21(22)25(32)31(26)20-13-9-18(15-27)10-14-20/h3-14H,2,16H2,1H3. The number of hydrogen-bond acceptors (Lipinski definition) is 7. The van der Waals surface area contributed by atoms with Crippen LogP contribution >= 0.6 is 11.8 Å². The van der Waals surface area contributed by atoms with Crippen molar-refractivity contribution in [3.63, 3.8) is 0 Å². The maximum absolute atomic E-state index is 13.4. The van der Waals surface area contributed by atoms with E-state index in [4.69, 9.17) is 14.8 Å². The summed E-state index contributed by atoms with van der Waals surface area (Å²) in [6, 6.07) is 24.2. The molecule has 0 aliphatic heterocycles. The Labute approximate surface area is 199 Å². The fourth-order valence-electron chi connectivity index (χ4n) is 3.57. The lowest BCUT2D eigenvalue weighted by molar-refractivity contribution is 0.391. The van der Waals surface area contributed by atoms with Crippen LogP contribution in [-0.4, -0.2) is 19.7 Å². The molecular weight excluding hydrogens is 446 g/mol. The lowest BCUT2D eigenvalue weighted by Crippen LogP contribution is -2.21. The van der Waals surface area contributed by atoms with E-state index < -0.39 is 0 Å². The van der Waals surface area contributed by atoms with Gasteiger partial charge in [-0.2, -0.15) is 10.2 Å². The second-order valence-electron chi connectivity index (χ2n) is 7.56. The van der Waals surface area contributed by atoms with E-state index >= 15 is 0 Å². The molecule has 0 fully saturated rings. The van der Waals surface area contributed by atoms with Gasteiger partial charge in [-0.3, -0.25) is 9.36 Å². The van der Waals surface area contributed by atoms with Crippen LogP contribution in [0.15, 0.2) is 87.3 Å². The van der Waals surface area contributed by atoms with Gasteiger partial charge in [0.1, 0.15) is 0 Å². The highest BCUT2D eigenvalue weighted by Gasteiger charge is 2.16. The zero-order valence-corrected chi connectivity index (χ0v) is 19.1. The topological polar surface area (TPSA) is 97.6 Å². The van der Waals surface area contributed by atoms with E-state index in [0.717, 1.165) is 12.0 Å². The number of rotatable bonds is 6. The number of hydrogen-bond donors (Lipinski definition) is 0. The summed E-state index contributed by atoms with van der Waals surface area (Å²) in [6.45, 7) is 2.11. The van der Waals surface area contributed by atoms with Crippen LogP contribution in [0.2, 0.25) is 0 Å². The lowest BCUT2D eigenvalue weighted by Gasteiger charge is -2.12. The molecule has 0 radical (unpaired) electrons. The van der Waals surface area contributed by atoms with E-state index in [2.05, 4.69) is 35.3 Å². The van der Waals surface area contributed by atoms with Crippen LogP contribution in [0.3, 0.4) is 0 Å². The molecule has 166 valence electrons. The summed E-state index contributed by atoms with van der Waals surface area (Å²) in [7, 11) is 0. The fourth-order valence-corrected chi connectivity index (χ4v) is 4.42. The molecule has 0 aliphatic rings. The molecule has 34 heavy (non-hydrogen) atoms. The maximum atomic E-state index is 13.4. The van der Waals surface area contributed by atoms with Crippen molar-refractivity contribution in [2.75, 3.05) is 0 Å². The molecule has 2 aromatic heterocycles. The van der Waals surface area contributed by atoms with Gasteiger partial charge in [0, 0.05) is 5.56 Å². The molecule has 5 aromatic rings. The molecular formula is C26H19N5O2S. The highest BCUT2D eigenvalue weighted by atomic mass is 32.2. The molecule has 0 aliphatic carbocycles. The van der Waals surface area contributed by atoms with Crippen LogP contribution in [0.4, 0.5) is 0 Å². The maximum Gasteiger partial charge on any atom is 0.266 e. The molecule has 0 saturated carbocycles. The Hall–Kier alpha value is -4.22. The van der Waals surface area contributed by atoms with Gasteiger partial charge >= 0.3 is 0 Å². The van der Waals surface area contributed by atoms with Gasteiger partial charge in [0.25, 0.3) is 5.56 Å². The van der Waals surface area contributed by atoms with Crippen molar-refractivity contribution in [3.8, 4) is 23.1 Å². The van der Waals surface area contributed by atoms with Crippen molar-refractivity contribution in [1.29, 1.82) is 5.26 Å². The van der Waals surface area contributed by atoms with E-state index in [1.807, 2.05) is 30.3 Å². The molecule has 8 heteroatoms. The number of nitrogens with zero attached hydrogens (tertiary/aromatic N) is 5. The molecule has 0 saturated heterocycles. The third-order valence-corrected chi connectivity index (χ3v) is 6.34. The summed E-state index contributed by atoms with van der Waals surface area (Å²) in [4.78, 5) is 22.6. The Bertz CT molecular complexity index is 1560. The van der Waals surface area contributed by atoms with Crippen LogP contribution in [0.5, 0.6) is 0 Å². The normalized spacial score (nSPS) is 10.9. The molecule has 0 unspecified atom stereocenters. The summed E-state index contributed by atoms with van der Waals surface area (Å²) in [6.07, 6.45) is 0.966. The monoisotopic (exact) mass is 465 g/mol. The van der Waals surface area contributed by atoms with Crippen molar-refractivity contribution in [3.05, 3.63) is 100 Å². The first kappa shape index (κ1) is 21.6. The number of thioether (sulfide) groups is 1. The Morgan fingerprint density at radius 2 is 1.76 bits per heavy atom. The zero-order valence-electron chi connectivity index (χ0n) is 18.3. The van der Waals surface area contributed by atoms with Crippen LogP contribution in [0.25, 0.3) is 28.0 Å². The summed E-state index contributed by atoms with van der Waals surface area (Å²) in [5.41, 5.74) is 3.71. The molecule has 0 bridgehead atoms. The minimum Gasteiger partial charge on any atom is -0.338 e. The van der Waals surface area contributed by atoms with Crippen LogP contribution in [0.1, 0.15) is 23.9 Å². The predicted molar refractivity (Wildman–Crippen MR) is 131 cm³/mol. The second-order valence-corrected chi connectivity index (χ2v) is 8.50. The Morgan fingerprint density at radius 3 is 2.50 bits per heavy atom. The van der Waals surface area contributed by atoms with E-state index in [9.17, 15) is 4.79 Å². The van der Waals surface area contributed by atoms with Gasteiger partial charge in [-0.25, -0.2) is 4.98 Å². The van der Waals surface area contributed by atoms with Crippen molar-refractivity contribution < 1.29 is 4.52 Å². The van der Waals surface area contributed by atoms with Crippen molar-refractivity contribution >= 4 is 22.7 Å². The molecule has 0 N–H and O–H groups in total. The average Bonchev–Trinajstić information content (AvgIpc) is 3.37. The molecule has 3 aromatic carbocycles. The summed E-state index contributed by atoms with van der Waals surface area (Å²) in [5.74, 6) is 1.31. The molecule has 7 nitrogen and oxygen atoms in total. The van der Waals surface area contributed by atoms with Crippen LogP contribution < -0.4 is 5.56 Å². The van der Waals surface area contributed by atoms with Crippen LogP contribution in [-0.2, 0) is 12.2 Å². The highest BCUT2D eigenvalue weighted by molar-refractivity contribution is 7.98. The summed E-state index contributed by atoms with van der Waals surface area (Å²) < 4.78 is 7.01. The van der Waals surface area contributed by atoms with Crippen molar-refractivity contribution in [1.82, 2.24) is 19.7 Å². The first-order valence-electron chi connectivity index (χ1n) is 10.7. The molecule has 0 amide bonds. The van der Waals surface area contributed by atoms with E-state index in [0.29, 0.717) is 44.8 Å². The van der Waals surface area contributed by atoms with Crippen LogP contribution in [0, 0.1) is 11.3 Å². The van der Waals surface area contributed by atoms with Crippen molar-refractivity contribution in [2.45, 2.75) is 24.3 Å². The third kappa shape index (κ3) is 4.21. The van der Waals surface area contributed by atoms with E-state index in [1.165, 1.54) is 17.3 Å². The number of benzene rings is 3. The fraction of sp³-hybridized carbons (Fsp3) is 0.115. The summed E-state index contributed by atoms with van der Waals surface area (Å²) >= 11 is 1.34. The zero-order chi connectivity index (χ0) is 23.5. The van der Waals surface area contributed by atoms with Gasteiger partial charge in [-0.15, -0.1) is 0 Å². The summed E-state index contributed by atoms with van der Waals surface area (Å²) in [5, 5.41) is 14.2. The highest BCUT2D eigenvalue weighted by Crippen LogP contribution is 2.25. The first-order valence-corrected chi connectivity index (χ1v) is 11.7. The Morgan fingerprint density at radius 1 is 1.00 bits per heavy atom. The van der Waals surface area contributed by atoms with Crippen molar-refractivity contribution in [2.24, 2.45) is 0 Å². The molecule has 2 heterocycles. The molecule has 0 spiro atoms. The minimum atomic E-state index is -0.181. The Kier molecular flexibility index (Phi) is 5.93. The average molecular weight is 466 g/mol. The smallest absolute Gasteiger partial charge is 0.266 e. The van der Waals surface area contributed by atoms with Gasteiger partial charge in [0.2, 0.25) is 11.7 Å². The predicted octanol–water partition coefficient (Wildman–Crippen LogP) is 5.16. The quantitative estimate of drug-likeness (QED) is 0.252. The SMILES string of the molecule is CCc1ccc(-c2noc(CSc3nc4ccccc4c(=O)n3-c3ccc(C#N)cc3)n2)cc1. The molecule has 5 rings (SSSR count). The number of fused-ring (bicyclic) bond motifs is 1. The van der Waals surface area contributed by atoms with Gasteiger partial charge in [-0.05, 0) is 48.4 Å². The van der Waals surface area contributed by atoms with E-state index in [-0.39, 0.29) is 5.56 Å². The third-order valence-electron chi connectivity index (χ3n) is 5.41. The number of aromatic nitrogens is 4. The lowest BCUT2D eigenvalue weighted by atomic mass is 10.1. The second kappa shape index (κ2) is 9.33. The largest absolute Gasteiger partial charge is 0.338 e. The van der Waals surface area contributed by atoms with Gasteiger partial charge in [0.15, 0.2) is 5.16 Å². The Balaban J connectivity index is 1.48. The van der Waals surface area contributed by atoms with Gasteiger partial charge < -0.3 is 4.52 Å². The molecule has 0 atom stereocenters. The minimum absolute atomic E-state index is 0.181. The van der Waals surface area contributed by atoms with Gasteiger partial charge in [0.05, 0.1) is 34.0 Å².